The first-order chi connectivity index (χ1) is 7.99. The molecule has 1 aromatic heterocycles. The number of carbonyl (C=O) groups excluding carboxylic acids is 1. The molecule has 0 aliphatic carbocycles. The summed E-state index contributed by atoms with van der Waals surface area (Å²) in [7, 11) is 0. The highest BCUT2D eigenvalue weighted by Gasteiger charge is 2.16. The topological polar surface area (TPSA) is 17.1 Å². The van der Waals surface area contributed by atoms with Crippen LogP contribution in [0.2, 0.25) is 4.34 Å². The zero-order valence-electron chi connectivity index (χ0n) is 8.14. The van der Waals surface area contributed by atoms with Gasteiger partial charge < -0.3 is 0 Å². The van der Waals surface area contributed by atoms with Crippen LogP contribution in [0.15, 0.2) is 37.7 Å². The molecule has 1 heterocycles. The fraction of sp³-hybridized carbons (Fsp3) is 0. The monoisotopic (exact) mass is 456 g/mol. The zero-order valence-corrected chi connectivity index (χ0v) is 14.5. The molecule has 88 valence electrons. The van der Waals surface area contributed by atoms with Crippen LogP contribution < -0.4 is 0 Å². The Balaban J connectivity index is 2.43. The summed E-state index contributed by atoms with van der Waals surface area (Å²) in [6.45, 7) is 0. The Bertz CT molecular complexity index is 575. The molecule has 0 fully saturated rings. The van der Waals surface area contributed by atoms with E-state index >= 15 is 0 Å². The Kier molecular flexibility index (Phi) is 4.47. The largest absolute Gasteiger partial charge is 0.288 e. The first kappa shape index (κ1) is 13.7. The van der Waals surface area contributed by atoms with Crippen molar-refractivity contribution in [1.82, 2.24) is 0 Å². The third kappa shape index (κ3) is 3.01. The van der Waals surface area contributed by atoms with E-state index in [1.54, 1.807) is 12.1 Å². The minimum Gasteiger partial charge on any atom is -0.288 e. The van der Waals surface area contributed by atoms with E-state index in [9.17, 15) is 4.79 Å². The fourth-order valence-corrected chi connectivity index (χ4v) is 4.15. The lowest BCUT2D eigenvalue weighted by Gasteiger charge is -2.02. The summed E-state index contributed by atoms with van der Waals surface area (Å²) >= 11 is 17.2. The molecule has 0 bridgehead atoms. The van der Waals surface area contributed by atoms with Gasteiger partial charge in [-0.2, -0.15) is 0 Å². The highest BCUT2D eigenvalue weighted by Crippen LogP contribution is 2.34. The maximum atomic E-state index is 12.2. The van der Waals surface area contributed by atoms with E-state index < -0.39 is 0 Å². The van der Waals surface area contributed by atoms with Gasteiger partial charge in [0.25, 0.3) is 0 Å². The second-order valence-corrected chi connectivity index (χ2v) is 7.46. The maximum Gasteiger partial charge on any atom is 0.204 e. The minimum absolute atomic E-state index is 0.0398. The van der Waals surface area contributed by atoms with Crippen molar-refractivity contribution in [3.05, 3.63) is 52.5 Å². The van der Waals surface area contributed by atoms with Crippen molar-refractivity contribution in [2.75, 3.05) is 0 Å². The minimum atomic E-state index is -0.0398. The predicted octanol–water partition coefficient (Wildman–Crippen LogP) is 5.92. The fourth-order valence-electron chi connectivity index (χ4n) is 1.26. The summed E-state index contributed by atoms with van der Waals surface area (Å²) in [5.74, 6) is -0.0398. The van der Waals surface area contributed by atoms with Gasteiger partial charge in [-0.05, 0) is 56.1 Å². The van der Waals surface area contributed by atoms with Crippen LogP contribution in [0.25, 0.3) is 0 Å². The van der Waals surface area contributed by atoms with E-state index in [0.29, 0.717) is 14.8 Å². The Labute approximate surface area is 133 Å². The third-order valence-corrected chi connectivity index (χ3v) is 5.67. The average Bonchev–Trinajstić information content (AvgIpc) is 2.58. The lowest BCUT2D eigenvalue weighted by Crippen LogP contribution is -1.99. The summed E-state index contributed by atoms with van der Waals surface area (Å²) in [6.07, 6.45) is 0. The second kappa shape index (κ2) is 5.53. The lowest BCUT2D eigenvalue weighted by atomic mass is 10.1. The van der Waals surface area contributed by atoms with E-state index in [1.807, 2.05) is 12.1 Å². The Morgan fingerprint density at radius 3 is 2.35 bits per heavy atom. The molecular weight excluding hydrogens is 455 g/mol. The van der Waals surface area contributed by atoms with Crippen LogP contribution in [0, 0.1) is 0 Å². The van der Waals surface area contributed by atoms with Crippen molar-refractivity contribution in [2.24, 2.45) is 0 Å². The van der Waals surface area contributed by atoms with Crippen molar-refractivity contribution in [1.29, 1.82) is 0 Å². The molecule has 6 heteroatoms. The number of rotatable bonds is 2. The molecule has 0 saturated heterocycles. The van der Waals surface area contributed by atoms with E-state index in [1.165, 1.54) is 11.3 Å². The van der Waals surface area contributed by atoms with Crippen molar-refractivity contribution in [2.45, 2.75) is 0 Å². The van der Waals surface area contributed by atoms with Gasteiger partial charge in [-0.15, -0.1) is 11.3 Å². The molecule has 17 heavy (non-hydrogen) atoms. The predicted molar refractivity (Wildman–Crippen MR) is 82.3 cm³/mol. The van der Waals surface area contributed by atoms with Crippen molar-refractivity contribution < 1.29 is 4.79 Å². The highest BCUT2D eigenvalue weighted by molar-refractivity contribution is 9.11. The van der Waals surface area contributed by atoms with Crippen LogP contribution in [-0.2, 0) is 0 Å². The van der Waals surface area contributed by atoms with Gasteiger partial charge in [-0.1, -0.05) is 27.5 Å². The van der Waals surface area contributed by atoms with Crippen molar-refractivity contribution in [3.8, 4) is 0 Å². The molecule has 0 saturated carbocycles. The van der Waals surface area contributed by atoms with Crippen molar-refractivity contribution >= 4 is 76.5 Å². The molecule has 0 aliphatic rings. The zero-order chi connectivity index (χ0) is 12.6. The first-order valence-electron chi connectivity index (χ1n) is 4.43. The van der Waals surface area contributed by atoms with Gasteiger partial charge in [-0.25, -0.2) is 0 Å². The Morgan fingerprint density at radius 2 is 1.82 bits per heavy atom. The first-order valence-corrected chi connectivity index (χ1v) is 8.01. The SMILES string of the molecule is O=C(c1cc(Br)c(Cl)s1)c1ccc(Br)cc1Br. The van der Waals surface area contributed by atoms with Crippen molar-refractivity contribution in [3.63, 3.8) is 0 Å². The van der Waals surface area contributed by atoms with E-state index in [-0.39, 0.29) is 5.78 Å². The molecule has 0 spiro atoms. The molecule has 0 unspecified atom stereocenters. The normalized spacial score (nSPS) is 10.6. The third-order valence-electron chi connectivity index (χ3n) is 2.04. The van der Waals surface area contributed by atoms with Gasteiger partial charge in [0.1, 0.15) is 4.34 Å². The summed E-state index contributed by atoms with van der Waals surface area (Å²) in [5, 5.41) is 0. The summed E-state index contributed by atoms with van der Waals surface area (Å²) < 4.78 is 3.02. The molecular formula is C11H4Br3ClOS. The Hall–Kier alpha value is 0.320. The van der Waals surface area contributed by atoms with Crippen LogP contribution in [0.1, 0.15) is 15.2 Å². The van der Waals surface area contributed by atoms with Gasteiger partial charge >= 0.3 is 0 Å². The van der Waals surface area contributed by atoms with Gasteiger partial charge in [-0.3, -0.25) is 4.79 Å². The number of ketones is 1. The summed E-state index contributed by atoms with van der Waals surface area (Å²) in [4.78, 5) is 12.8. The van der Waals surface area contributed by atoms with E-state index in [2.05, 4.69) is 47.8 Å². The quantitative estimate of drug-likeness (QED) is 0.510. The molecule has 1 aromatic carbocycles. The lowest BCUT2D eigenvalue weighted by molar-refractivity contribution is 0.104. The standard InChI is InChI=1S/C11H4Br3ClOS/c12-5-1-2-6(7(13)3-5)10(16)9-4-8(14)11(15)17-9/h1-4H. The molecule has 0 aliphatic heterocycles. The average molecular weight is 459 g/mol. The molecule has 0 N–H and O–H groups in total. The number of carbonyl (C=O) groups is 1. The molecule has 2 rings (SSSR count). The number of thiophene rings is 1. The Morgan fingerprint density at radius 1 is 1.12 bits per heavy atom. The van der Waals surface area contributed by atoms with Crippen LogP contribution >= 0.6 is 70.7 Å². The molecule has 1 nitrogen and oxygen atoms in total. The van der Waals surface area contributed by atoms with Crippen LogP contribution in [-0.4, -0.2) is 5.78 Å². The number of hydrogen-bond acceptors (Lipinski definition) is 2. The van der Waals surface area contributed by atoms with E-state index in [4.69, 9.17) is 11.6 Å². The number of benzene rings is 1. The van der Waals surface area contributed by atoms with Crippen LogP contribution in [0.3, 0.4) is 0 Å². The highest BCUT2D eigenvalue weighted by atomic mass is 79.9. The smallest absolute Gasteiger partial charge is 0.204 e. The second-order valence-electron chi connectivity index (χ2n) is 3.19. The molecule has 0 amide bonds. The van der Waals surface area contributed by atoms with Crippen LogP contribution in [0.5, 0.6) is 0 Å². The number of halogens is 4. The van der Waals surface area contributed by atoms with Crippen LogP contribution in [0.4, 0.5) is 0 Å². The van der Waals surface area contributed by atoms with Gasteiger partial charge in [0.05, 0.1) is 4.88 Å². The molecule has 0 atom stereocenters. The van der Waals surface area contributed by atoms with Gasteiger partial charge in [0.2, 0.25) is 5.78 Å². The number of hydrogen-bond donors (Lipinski definition) is 0. The maximum absolute atomic E-state index is 12.2. The summed E-state index contributed by atoms with van der Waals surface area (Å²) in [6, 6.07) is 7.20. The van der Waals surface area contributed by atoms with Gasteiger partial charge in [0.15, 0.2) is 0 Å². The van der Waals surface area contributed by atoms with E-state index in [0.717, 1.165) is 13.4 Å². The molecule has 0 radical (unpaired) electrons. The summed E-state index contributed by atoms with van der Waals surface area (Å²) in [5.41, 5.74) is 0.624. The molecule has 2 aromatic rings. The van der Waals surface area contributed by atoms with Gasteiger partial charge in [0, 0.05) is 19.0 Å².